The molecule has 0 atom stereocenters. The van der Waals surface area contributed by atoms with Gasteiger partial charge in [0.1, 0.15) is 0 Å². The molecular formula is C42H29NS. The Bertz CT molecular complexity index is 2430. The maximum absolute atomic E-state index is 2.46. The lowest BCUT2D eigenvalue weighted by atomic mass is 9.93. The van der Waals surface area contributed by atoms with Crippen LogP contribution in [0.4, 0.5) is 0 Å². The van der Waals surface area contributed by atoms with Crippen LogP contribution in [-0.2, 0) is 0 Å². The first-order chi connectivity index (χ1) is 21.8. The highest BCUT2D eigenvalue weighted by atomic mass is 32.1. The molecule has 0 spiro atoms. The van der Waals surface area contributed by atoms with Crippen molar-refractivity contribution in [1.82, 2.24) is 4.57 Å². The summed E-state index contributed by atoms with van der Waals surface area (Å²) in [5.41, 5.74) is 11.3. The molecule has 9 rings (SSSR count). The summed E-state index contributed by atoms with van der Waals surface area (Å²) < 4.78 is 5.14. The lowest BCUT2D eigenvalue weighted by molar-refractivity contribution is 1.05. The number of fused-ring (bicyclic) bond motifs is 6. The highest BCUT2D eigenvalue weighted by Crippen LogP contribution is 2.40. The van der Waals surface area contributed by atoms with Gasteiger partial charge in [-0.15, -0.1) is 11.3 Å². The van der Waals surface area contributed by atoms with Crippen molar-refractivity contribution in [3.63, 3.8) is 0 Å². The molecule has 0 unspecified atom stereocenters. The molecular weight excluding hydrogens is 551 g/mol. The number of aromatic nitrogens is 1. The first kappa shape index (κ1) is 25.3. The number of para-hydroxylation sites is 1. The summed E-state index contributed by atoms with van der Waals surface area (Å²) in [6.07, 6.45) is 8.89. The summed E-state index contributed by atoms with van der Waals surface area (Å²) >= 11 is 1.87. The van der Waals surface area contributed by atoms with Crippen molar-refractivity contribution in [2.75, 3.05) is 0 Å². The van der Waals surface area contributed by atoms with Gasteiger partial charge in [-0.3, -0.25) is 0 Å². The van der Waals surface area contributed by atoms with Crippen LogP contribution >= 0.6 is 11.3 Å². The minimum Gasteiger partial charge on any atom is -0.309 e. The van der Waals surface area contributed by atoms with Gasteiger partial charge in [-0.1, -0.05) is 97.1 Å². The minimum atomic E-state index is 1.06. The van der Waals surface area contributed by atoms with Crippen molar-refractivity contribution >= 4 is 58.9 Å². The summed E-state index contributed by atoms with van der Waals surface area (Å²) in [5, 5.41) is 5.23. The zero-order valence-corrected chi connectivity index (χ0v) is 25.0. The lowest BCUT2D eigenvalue weighted by Gasteiger charge is -2.16. The van der Waals surface area contributed by atoms with Crippen molar-refractivity contribution in [1.29, 1.82) is 0 Å². The first-order valence-electron chi connectivity index (χ1n) is 15.3. The van der Waals surface area contributed by atoms with E-state index >= 15 is 0 Å². The van der Waals surface area contributed by atoms with E-state index in [-0.39, 0.29) is 0 Å². The Balaban J connectivity index is 1.26. The van der Waals surface area contributed by atoms with E-state index in [0.29, 0.717) is 0 Å². The molecule has 208 valence electrons. The quantitative estimate of drug-likeness (QED) is 0.195. The zero-order chi connectivity index (χ0) is 29.0. The fourth-order valence-corrected chi connectivity index (χ4v) is 7.99. The standard InChI is InChI=1S/C42H29NS/c1-3-11-28(12-4-1)32-23-33(29-13-5-2-6-14-29)25-34(24-32)43-39-17-9-7-15-35(39)37-26-30(19-21-40(37)43)31-20-22-42-38(27-31)36-16-8-10-18-41(36)44-42/h1-5,7-13,15-27H,6,14H2. The molecule has 2 aromatic heterocycles. The number of allylic oxidation sites excluding steroid dienone is 4. The van der Waals surface area contributed by atoms with Crippen LogP contribution in [0, 0.1) is 0 Å². The second kappa shape index (κ2) is 10.2. The molecule has 1 aliphatic carbocycles. The maximum atomic E-state index is 2.46. The monoisotopic (exact) mass is 579 g/mol. The predicted octanol–water partition coefficient (Wildman–Crippen LogP) is 12.2. The number of rotatable bonds is 4. The average Bonchev–Trinajstić information content (AvgIpc) is 3.64. The van der Waals surface area contributed by atoms with Crippen molar-refractivity contribution in [3.05, 3.63) is 157 Å². The van der Waals surface area contributed by atoms with Crippen LogP contribution in [0.15, 0.2) is 152 Å². The molecule has 1 aliphatic rings. The smallest absolute Gasteiger partial charge is 0.0541 e. The molecule has 6 aromatic carbocycles. The summed E-state index contributed by atoms with van der Waals surface area (Å²) in [7, 11) is 0. The summed E-state index contributed by atoms with van der Waals surface area (Å²) in [6.45, 7) is 0. The number of hydrogen-bond acceptors (Lipinski definition) is 1. The topological polar surface area (TPSA) is 4.93 Å². The normalized spacial score (nSPS) is 13.3. The molecule has 0 fully saturated rings. The van der Waals surface area contributed by atoms with Crippen LogP contribution in [0.25, 0.3) is 75.5 Å². The lowest BCUT2D eigenvalue weighted by Crippen LogP contribution is -1.98. The average molecular weight is 580 g/mol. The van der Waals surface area contributed by atoms with Gasteiger partial charge in [0.15, 0.2) is 0 Å². The third-order valence-corrected chi connectivity index (χ3v) is 10.2. The SMILES string of the molecule is C1=CCCC(c2cc(-c3ccccc3)cc(-n3c4ccccc4c4cc(-c5ccc6sc7ccccc7c6c5)ccc43)c2)=C1. The molecule has 0 radical (unpaired) electrons. The second-order valence-corrected chi connectivity index (χ2v) is 12.8. The molecule has 2 heterocycles. The number of nitrogens with zero attached hydrogens (tertiary/aromatic N) is 1. The Hall–Kier alpha value is -5.18. The Morgan fingerprint density at radius 1 is 0.477 bits per heavy atom. The molecule has 0 amide bonds. The highest BCUT2D eigenvalue weighted by Gasteiger charge is 2.16. The van der Waals surface area contributed by atoms with Gasteiger partial charge < -0.3 is 4.57 Å². The van der Waals surface area contributed by atoms with Gasteiger partial charge >= 0.3 is 0 Å². The summed E-state index contributed by atoms with van der Waals surface area (Å²) in [4.78, 5) is 0. The van der Waals surface area contributed by atoms with Gasteiger partial charge in [0, 0.05) is 36.6 Å². The van der Waals surface area contributed by atoms with Crippen LogP contribution in [0.5, 0.6) is 0 Å². The highest BCUT2D eigenvalue weighted by molar-refractivity contribution is 7.25. The van der Waals surface area contributed by atoms with Crippen LogP contribution in [0.1, 0.15) is 18.4 Å². The van der Waals surface area contributed by atoms with Crippen molar-refractivity contribution < 1.29 is 0 Å². The van der Waals surface area contributed by atoms with Gasteiger partial charge in [-0.25, -0.2) is 0 Å². The van der Waals surface area contributed by atoms with Gasteiger partial charge in [0.2, 0.25) is 0 Å². The van der Waals surface area contributed by atoms with E-state index in [0.717, 1.165) is 12.8 Å². The van der Waals surface area contributed by atoms with Crippen LogP contribution < -0.4 is 0 Å². The molecule has 8 aromatic rings. The van der Waals surface area contributed by atoms with Crippen molar-refractivity contribution in [3.8, 4) is 27.9 Å². The summed E-state index contributed by atoms with van der Waals surface area (Å²) in [6, 6.07) is 49.4. The fourth-order valence-electron chi connectivity index (χ4n) is 6.90. The van der Waals surface area contributed by atoms with Crippen LogP contribution in [-0.4, -0.2) is 4.57 Å². The largest absolute Gasteiger partial charge is 0.309 e. The first-order valence-corrected chi connectivity index (χ1v) is 16.1. The molecule has 1 nitrogen and oxygen atoms in total. The Labute approximate surface area is 260 Å². The van der Waals surface area contributed by atoms with Gasteiger partial charge in [0.05, 0.1) is 11.0 Å². The summed E-state index contributed by atoms with van der Waals surface area (Å²) in [5.74, 6) is 0. The van der Waals surface area contributed by atoms with E-state index in [2.05, 4.69) is 156 Å². The van der Waals surface area contributed by atoms with Crippen LogP contribution in [0.3, 0.4) is 0 Å². The van der Waals surface area contributed by atoms with E-state index in [1.54, 1.807) is 0 Å². The minimum absolute atomic E-state index is 1.06. The number of thiophene rings is 1. The Morgan fingerprint density at radius 3 is 2.05 bits per heavy atom. The van der Waals surface area contributed by atoms with Gasteiger partial charge in [-0.2, -0.15) is 0 Å². The molecule has 2 heteroatoms. The predicted molar refractivity (Wildman–Crippen MR) is 191 cm³/mol. The molecule has 0 N–H and O–H groups in total. The van der Waals surface area contributed by atoms with E-state index in [9.17, 15) is 0 Å². The van der Waals surface area contributed by atoms with E-state index in [1.165, 1.54) is 81.1 Å². The zero-order valence-electron chi connectivity index (χ0n) is 24.2. The van der Waals surface area contributed by atoms with Crippen molar-refractivity contribution in [2.45, 2.75) is 12.8 Å². The molecule has 0 saturated heterocycles. The fraction of sp³-hybridized carbons (Fsp3) is 0.0476. The third kappa shape index (κ3) is 4.14. The number of hydrogen-bond donors (Lipinski definition) is 0. The molecule has 44 heavy (non-hydrogen) atoms. The van der Waals surface area contributed by atoms with E-state index < -0.39 is 0 Å². The maximum Gasteiger partial charge on any atom is 0.0541 e. The Kier molecular flexibility index (Phi) is 5.89. The third-order valence-electron chi connectivity index (χ3n) is 9.05. The molecule has 0 bridgehead atoms. The van der Waals surface area contributed by atoms with E-state index in [1.807, 2.05) is 11.3 Å². The van der Waals surface area contributed by atoms with Gasteiger partial charge in [-0.05, 0) is 101 Å². The van der Waals surface area contributed by atoms with Gasteiger partial charge in [0.25, 0.3) is 0 Å². The second-order valence-electron chi connectivity index (χ2n) is 11.7. The molecule has 0 aliphatic heterocycles. The van der Waals surface area contributed by atoms with Crippen LogP contribution in [0.2, 0.25) is 0 Å². The molecule has 0 saturated carbocycles. The number of benzene rings is 6. The van der Waals surface area contributed by atoms with Crippen molar-refractivity contribution in [2.24, 2.45) is 0 Å². The Morgan fingerprint density at radius 2 is 1.18 bits per heavy atom. The van der Waals surface area contributed by atoms with E-state index in [4.69, 9.17) is 0 Å².